The topological polar surface area (TPSA) is 78.4 Å². The van der Waals surface area contributed by atoms with Crippen molar-refractivity contribution in [3.8, 4) is 0 Å². The smallest absolute Gasteiger partial charge is 0.410 e. The summed E-state index contributed by atoms with van der Waals surface area (Å²) in [5.41, 5.74) is -0.472. The molecule has 2 heterocycles. The first kappa shape index (κ1) is 27.2. The van der Waals surface area contributed by atoms with Crippen molar-refractivity contribution in [2.75, 3.05) is 45.9 Å². The van der Waals surface area contributed by atoms with Crippen LogP contribution in [0.4, 0.5) is 4.79 Å². The molecule has 2 rings (SSSR count). The zero-order valence-corrected chi connectivity index (χ0v) is 21.9. The lowest BCUT2D eigenvalue weighted by atomic mass is 10.1. The van der Waals surface area contributed by atoms with Crippen LogP contribution >= 0.6 is 24.0 Å². The predicted octanol–water partition coefficient (Wildman–Crippen LogP) is 2.67. The first-order chi connectivity index (χ1) is 13.7. The number of morpholine rings is 1. The van der Waals surface area contributed by atoms with Gasteiger partial charge in [-0.25, -0.2) is 4.79 Å². The number of carbonyl (C=O) groups excluding carboxylic acids is 1. The van der Waals surface area contributed by atoms with Gasteiger partial charge >= 0.3 is 6.09 Å². The van der Waals surface area contributed by atoms with Crippen LogP contribution in [0.2, 0.25) is 0 Å². The van der Waals surface area contributed by atoms with Gasteiger partial charge in [-0.15, -0.1) is 24.0 Å². The molecule has 1 amide bonds. The Balaban J connectivity index is 0.00000450. The number of likely N-dealkylation sites (tertiary alicyclic amines) is 1. The molecule has 0 bridgehead atoms. The minimum Gasteiger partial charge on any atom is -0.444 e. The first-order valence-electron chi connectivity index (χ1n) is 11.1. The van der Waals surface area contributed by atoms with Crippen molar-refractivity contribution in [3.63, 3.8) is 0 Å². The zero-order chi connectivity index (χ0) is 21.4. The van der Waals surface area contributed by atoms with E-state index in [1.54, 1.807) is 4.90 Å². The summed E-state index contributed by atoms with van der Waals surface area (Å²) < 4.78 is 11.1. The van der Waals surface area contributed by atoms with Crippen molar-refractivity contribution in [2.24, 2.45) is 4.99 Å². The molecule has 9 heteroatoms. The van der Waals surface area contributed by atoms with Crippen molar-refractivity contribution in [1.29, 1.82) is 0 Å². The number of carbonyl (C=O) groups is 1. The van der Waals surface area contributed by atoms with Crippen molar-refractivity contribution < 1.29 is 14.3 Å². The van der Waals surface area contributed by atoms with Gasteiger partial charge in [0.1, 0.15) is 5.60 Å². The van der Waals surface area contributed by atoms with Crippen LogP contribution in [0.1, 0.15) is 54.4 Å². The molecule has 0 aromatic rings. The predicted molar refractivity (Wildman–Crippen MR) is 132 cm³/mol. The Morgan fingerprint density at radius 3 is 2.70 bits per heavy atom. The van der Waals surface area contributed by atoms with Crippen molar-refractivity contribution >= 4 is 36.0 Å². The number of nitrogens with one attached hydrogen (secondary N) is 2. The minimum atomic E-state index is -0.472. The third-order valence-corrected chi connectivity index (χ3v) is 5.26. The number of hydrogen-bond acceptors (Lipinski definition) is 5. The van der Waals surface area contributed by atoms with Gasteiger partial charge < -0.3 is 25.0 Å². The second-order valence-corrected chi connectivity index (χ2v) is 9.14. The highest BCUT2D eigenvalue weighted by Gasteiger charge is 2.28. The molecule has 2 aliphatic heterocycles. The van der Waals surface area contributed by atoms with E-state index in [4.69, 9.17) is 14.5 Å². The van der Waals surface area contributed by atoms with Crippen molar-refractivity contribution in [3.05, 3.63) is 0 Å². The number of aliphatic imine (C=N–C) groups is 1. The average Bonchev–Trinajstić information content (AvgIpc) is 2.65. The van der Waals surface area contributed by atoms with Gasteiger partial charge in [-0.3, -0.25) is 9.89 Å². The molecule has 3 atom stereocenters. The second-order valence-electron chi connectivity index (χ2n) is 9.14. The molecule has 0 aromatic carbocycles. The highest BCUT2D eigenvalue weighted by Crippen LogP contribution is 2.15. The Labute approximate surface area is 199 Å². The Hall–Kier alpha value is -0.810. The summed E-state index contributed by atoms with van der Waals surface area (Å²) in [7, 11) is 0. The van der Waals surface area contributed by atoms with Gasteiger partial charge in [0.2, 0.25) is 0 Å². The van der Waals surface area contributed by atoms with E-state index in [1.807, 2.05) is 20.8 Å². The summed E-state index contributed by atoms with van der Waals surface area (Å²) >= 11 is 0. The van der Waals surface area contributed by atoms with E-state index >= 15 is 0 Å². The molecule has 2 fully saturated rings. The zero-order valence-electron chi connectivity index (χ0n) is 19.6. The van der Waals surface area contributed by atoms with E-state index in [0.29, 0.717) is 18.6 Å². The monoisotopic (exact) mass is 539 g/mol. The lowest BCUT2D eigenvalue weighted by Gasteiger charge is -2.37. The molecule has 0 radical (unpaired) electrons. The summed E-state index contributed by atoms with van der Waals surface area (Å²) in [5.74, 6) is 0.816. The molecule has 0 aliphatic carbocycles. The van der Waals surface area contributed by atoms with Crippen molar-refractivity contribution in [1.82, 2.24) is 20.4 Å². The Morgan fingerprint density at radius 2 is 2.07 bits per heavy atom. The molecule has 2 N–H and O–H groups in total. The van der Waals surface area contributed by atoms with Crippen LogP contribution in [0.25, 0.3) is 0 Å². The van der Waals surface area contributed by atoms with Crippen LogP contribution in [-0.4, -0.2) is 91.5 Å². The molecule has 2 aliphatic rings. The molecule has 176 valence electrons. The molecule has 0 saturated carbocycles. The van der Waals surface area contributed by atoms with Crippen LogP contribution in [-0.2, 0) is 9.47 Å². The van der Waals surface area contributed by atoms with Crippen LogP contribution in [0, 0.1) is 0 Å². The Bertz CT molecular complexity index is 555. The SMILES string of the molecule is CCNC(=NCC(C)N1CCOCC1C)NC1CCCN(C(=O)OC(C)(C)C)C1.I. The normalized spacial score (nSPS) is 24.6. The van der Waals surface area contributed by atoms with Gasteiger partial charge in [0.05, 0.1) is 19.8 Å². The molecular formula is C21H42IN5O3. The lowest BCUT2D eigenvalue weighted by molar-refractivity contribution is -0.0166. The Morgan fingerprint density at radius 1 is 1.33 bits per heavy atom. The van der Waals surface area contributed by atoms with Crippen LogP contribution in [0.15, 0.2) is 4.99 Å². The fraction of sp³-hybridized carbons (Fsp3) is 0.905. The third kappa shape index (κ3) is 9.13. The summed E-state index contributed by atoms with van der Waals surface area (Å²) in [6.45, 7) is 17.6. The molecular weight excluding hydrogens is 497 g/mol. The molecule has 2 saturated heterocycles. The minimum absolute atomic E-state index is 0. The lowest BCUT2D eigenvalue weighted by Crippen LogP contribution is -2.53. The van der Waals surface area contributed by atoms with Crippen LogP contribution in [0.5, 0.6) is 0 Å². The number of nitrogens with zero attached hydrogens (tertiary/aromatic N) is 3. The highest BCUT2D eigenvalue weighted by atomic mass is 127. The number of ether oxygens (including phenoxy) is 2. The largest absolute Gasteiger partial charge is 0.444 e. The van der Waals surface area contributed by atoms with Gasteiger partial charge in [-0.2, -0.15) is 0 Å². The summed E-state index contributed by atoms with van der Waals surface area (Å²) in [6.07, 6.45) is 1.73. The second kappa shape index (κ2) is 12.9. The Kier molecular flexibility index (Phi) is 11.7. The van der Waals surface area contributed by atoms with Gasteiger partial charge in [-0.1, -0.05) is 0 Å². The van der Waals surface area contributed by atoms with Gasteiger partial charge in [0.15, 0.2) is 5.96 Å². The number of piperidine rings is 1. The van der Waals surface area contributed by atoms with E-state index in [1.165, 1.54) is 0 Å². The van der Waals surface area contributed by atoms with Gasteiger partial charge in [0.25, 0.3) is 0 Å². The average molecular weight is 540 g/mol. The summed E-state index contributed by atoms with van der Waals surface area (Å²) in [4.78, 5) is 21.5. The highest BCUT2D eigenvalue weighted by molar-refractivity contribution is 14.0. The maximum absolute atomic E-state index is 12.4. The summed E-state index contributed by atoms with van der Waals surface area (Å²) in [6, 6.07) is 0.950. The third-order valence-electron chi connectivity index (χ3n) is 5.26. The maximum Gasteiger partial charge on any atom is 0.410 e. The molecule has 0 aromatic heterocycles. The standard InChI is InChI=1S/C21H41N5O3.HI/c1-7-22-19(23-13-16(2)26-11-12-28-15-17(26)3)24-18-9-8-10-25(14-18)20(27)29-21(4,5)6;/h16-18H,7-15H2,1-6H3,(H2,22,23,24);1H. The van der Waals surface area contributed by atoms with Gasteiger partial charge in [-0.05, 0) is 54.4 Å². The number of guanidine groups is 1. The molecule has 8 nitrogen and oxygen atoms in total. The first-order valence-corrected chi connectivity index (χ1v) is 11.1. The maximum atomic E-state index is 12.4. The molecule has 0 spiro atoms. The van der Waals surface area contributed by atoms with E-state index < -0.39 is 5.60 Å². The number of halogens is 1. The van der Waals surface area contributed by atoms with E-state index in [2.05, 4.69) is 36.3 Å². The van der Waals surface area contributed by atoms with Crippen LogP contribution < -0.4 is 10.6 Å². The molecule has 3 unspecified atom stereocenters. The van der Waals surface area contributed by atoms with Gasteiger partial charge in [0, 0.05) is 44.3 Å². The number of hydrogen-bond donors (Lipinski definition) is 2. The quantitative estimate of drug-likeness (QED) is 0.318. The van der Waals surface area contributed by atoms with Crippen LogP contribution in [0.3, 0.4) is 0 Å². The van der Waals surface area contributed by atoms with Crippen molar-refractivity contribution in [2.45, 2.75) is 78.1 Å². The molecule has 30 heavy (non-hydrogen) atoms. The number of amides is 1. The fourth-order valence-corrected chi connectivity index (χ4v) is 3.82. The van der Waals surface area contributed by atoms with E-state index in [0.717, 1.165) is 58.2 Å². The van der Waals surface area contributed by atoms with E-state index in [9.17, 15) is 4.79 Å². The summed E-state index contributed by atoms with van der Waals surface area (Å²) in [5, 5.41) is 6.86. The number of rotatable bonds is 5. The van der Waals surface area contributed by atoms with E-state index in [-0.39, 0.29) is 36.1 Å². The fourth-order valence-electron chi connectivity index (χ4n) is 3.82.